The van der Waals surface area contributed by atoms with Crippen LogP contribution < -0.4 is 0 Å². The first-order valence-corrected chi connectivity index (χ1v) is 10.7. The highest BCUT2D eigenvalue weighted by atomic mass is 16.5. The predicted octanol–water partition coefficient (Wildman–Crippen LogP) is 6.94. The van der Waals surface area contributed by atoms with Crippen molar-refractivity contribution in [1.82, 2.24) is 0 Å². The molecule has 0 aliphatic heterocycles. The van der Waals surface area contributed by atoms with Crippen LogP contribution in [-0.2, 0) is 4.74 Å². The molecule has 0 aromatic carbocycles. The van der Waals surface area contributed by atoms with Crippen LogP contribution in [0.15, 0.2) is 24.3 Å². The minimum Gasteiger partial charge on any atom is -0.377 e. The van der Waals surface area contributed by atoms with Crippen LogP contribution in [0.3, 0.4) is 0 Å². The molecule has 2 fully saturated rings. The van der Waals surface area contributed by atoms with Crippen molar-refractivity contribution in [2.24, 2.45) is 23.7 Å². The van der Waals surface area contributed by atoms with Crippen molar-refractivity contribution in [3.05, 3.63) is 24.3 Å². The Morgan fingerprint density at radius 1 is 0.875 bits per heavy atom. The van der Waals surface area contributed by atoms with E-state index in [0.717, 1.165) is 36.9 Å². The Bertz CT molecular complexity index is 354. The van der Waals surface area contributed by atoms with Gasteiger partial charge in [0.2, 0.25) is 0 Å². The molecule has 0 saturated heterocycles. The molecule has 24 heavy (non-hydrogen) atoms. The summed E-state index contributed by atoms with van der Waals surface area (Å²) in [5.41, 5.74) is 0. The van der Waals surface area contributed by atoms with E-state index >= 15 is 0 Å². The maximum Gasteiger partial charge on any atom is 0.0647 e. The largest absolute Gasteiger partial charge is 0.377 e. The maximum absolute atomic E-state index is 5.77. The second-order valence-electron chi connectivity index (χ2n) is 8.13. The van der Waals surface area contributed by atoms with Crippen LogP contribution in [0.1, 0.15) is 84.5 Å². The lowest BCUT2D eigenvalue weighted by Gasteiger charge is -2.37. The standard InChI is InChI=1S/C23H40O/c1-3-5-7-8-9-20-10-14-22(15-11-20)23-16-12-21(13-17-23)19-24-18-6-4-2/h4,6,8-9,20-23H,3,5,7,10-19H2,1-2H3/b6-4-,9-8+. The molecule has 0 N–H and O–H groups in total. The third-order valence-electron chi connectivity index (χ3n) is 6.31. The Balaban J connectivity index is 1.59. The Morgan fingerprint density at radius 2 is 1.54 bits per heavy atom. The fourth-order valence-electron chi connectivity index (χ4n) is 4.64. The average molecular weight is 333 g/mol. The lowest BCUT2D eigenvalue weighted by molar-refractivity contribution is 0.0799. The van der Waals surface area contributed by atoms with E-state index in [1.165, 1.54) is 70.6 Å². The summed E-state index contributed by atoms with van der Waals surface area (Å²) in [5, 5.41) is 0. The maximum atomic E-state index is 5.77. The summed E-state index contributed by atoms with van der Waals surface area (Å²) in [6.45, 7) is 6.12. The van der Waals surface area contributed by atoms with Crippen molar-refractivity contribution < 1.29 is 4.74 Å². The summed E-state index contributed by atoms with van der Waals surface area (Å²) in [6, 6.07) is 0. The second-order valence-corrected chi connectivity index (χ2v) is 8.13. The number of allylic oxidation sites excluding steroid dienone is 3. The highest BCUT2D eigenvalue weighted by Gasteiger charge is 2.30. The van der Waals surface area contributed by atoms with Gasteiger partial charge in [0.1, 0.15) is 0 Å². The van der Waals surface area contributed by atoms with E-state index in [9.17, 15) is 0 Å². The van der Waals surface area contributed by atoms with Gasteiger partial charge in [0.25, 0.3) is 0 Å². The van der Waals surface area contributed by atoms with Gasteiger partial charge in [-0.3, -0.25) is 0 Å². The number of hydrogen-bond donors (Lipinski definition) is 0. The van der Waals surface area contributed by atoms with Crippen LogP contribution >= 0.6 is 0 Å². The predicted molar refractivity (Wildman–Crippen MR) is 105 cm³/mol. The SMILES string of the molecule is C/C=C\COCC1CCC(C2CCC(/C=C/CCCC)CC2)CC1. The first-order chi connectivity index (χ1) is 11.8. The summed E-state index contributed by atoms with van der Waals surface area (Å²) >= 11 is 0. The van der Waals surface area contributed by atoms with Crippen LogP contribution in [-0.4, -0.2) is 13.2 Å². The molecule has 0 bridgehead atoms. The van der Waals surface area contributed by atoms with E-state index in [1.807, 2.05) is 0 Å². The average Bonchev–Trinajstić information content (AvgIpc) is 2.64. The first kappa shape index (κ1) is 19.8. The molecule has 1 nitrogen and oxygen atoms in total. The van der Waals surface area contributed by atoms with Gasteiger partial charge in [0, 0.05) is 6.61 Å². The summed E-state index contributed by atoms with van der Waals surface area (Å²) in [6.07, 6.45) is 24.7. The molecule has 1 heteroatoms. The van der Waals surface area contributed by atoms with E-state index in [0.29, 0.717) is 0 Å². The lowest BCUT2D eigenvalue weighted by Crippen LogP contribution is -2.26. The number of hydrogen-bond acceptors (Lipinski definition) is 1. The van der Waals surface area contributed by atoms with Crippen molar-refractivity contribution in [1.29, 1.82) is 0 Å². The second kappa shape index (κ2) is 11.9. The van der Waals surface area contributed by atoms with Gasteiger partial charge >= 0.3 is 0 Å². The van der Waals surface area contributed by atoms with Crippen molar-refractivity contribution in [2.45, 2.75) is 84.5 Å². The third-order valence-corrected chi connectivity index (χ3v) is 6.31. The third kappa shape index (κ3) is 7.13. The number of ether oxygens (including phenoxy) is 1. The minimum absolute atomic E-state index is 0.798. The van der Waals surface area contributed by atoms with Crippen molar-refractivity contribution in [2.75, 3.05) is 13.2 Å². The Hall–Kier alpha value is -0.560. The van der Waals surface area contributed by atoms with Crippen molar-refractivity contribution >= 4 is 0 Å². The molecular formula is C23H40O. The summed E-state index contributed by atoms with van der Waals surface area (Å²) in [4.78, 5) is 0. The van der Waals surface area contributed by atoms with Crippen LogP contribution in [0, 0.1) is 23.7 Å². The van der Waals surface area contributed by atoms with Crippen LogP contribution in [0.2, 0.25) is 0 Å². The molecule has 0 spiro atoms. The van der Waals surface area contributed by atoms with E-state index in [4.69, 9.17) is 4.74 Å². The highest BCUT2D eigenvalue weighted by molar-refractivity contribution is 4.92. The monoisotopic (exact) mass is 332 g/mol. The van der Waals surface area contributed by atoms with Gasteiger partial charge in [-0.2, -0.15) is 0 Å². The molecule has 2 rings (SSSR count). The zero-order chi connectivity index (χ0) is 17.0. The van der Waals surface area contributed by atoms with E-state index in [2.05, 4.69) is 38.2 Å². The van der Waals surface area contributed by atoms with E-state index < -0.39 is 0 Å². The fourth-order valence-corrected chi connectivity index (χ4v) is 4.64. The zero-order valence-electron chi connectivity index (χ0n) is 16.2. The van der Waals surface area contributed by atoms with Gasteiger partial charge in [0.05, 0.1) is 6.61 Å². The molecule has 0 heterocycles. The van der Waals surface area contributed by atoms with Gasteiger partial charge in [-0.15, -0.1) is 0 Å². The zero-order valence-corrected chi connectivity index (χ0v) is 16.2. The molecule has 0 aromatic rings. The van der Waals surface area contributed by atoms with Gasteiger partial charge in [-0.25, -0.2) is 0 Å². The Morgan fingerprint density at radius 3 is 2.17 bits per heavy atom. The van der Waals surface area contributed by atoms with Crippen LogP contribution in [0.25, 0.3) is 0 Å². The minimum atomic E-state index is 0.798. The molecule has 0 unspecified atom stereocenters. The normalized spacial score (nSPS) is 31.9. The lowest BCUT2D eigenvalue weighted by atomic mass is 9.69. The fraction of sp³-hybridized carbons (Fsp3) is 0.826. The topological polar surface area (TPSA) is 9.23 Å². The quantitative estimate of drug-likeness (QED) is 0.328. The van der Waals surface area contributed by atoms with Gasteiger partial charge in [-0.1, -0.05) is 44.1 Å². The number of rotatable bonds is 9. The molecule has 0 atom stereocenters. The van der Waals surface area contributed by atoms with E-state index in [-0.39, 0.29) is 0 Å². The van der Waals surface area contributed by atoms with Crippen molar-refractivity contribution in [3.63, 3.8) is 0 Å². The van der Waals surface area contributed by atoms with Crippen LogP contribution in [0.5, 0.6) is 0 Å². The molecule has 0 amide bonds. The summed E-state index contributed by atoms with van der Waals surface area (Å²) in [7, 11) is 0. The molecule has 0 aromatic heterocycles. The van der Waals surface area contributed by atoms with Crippen LogP contribution in [0.4, 0.5) is 0 Å². The molecule has 2 saturated carbocycles. The molecule has 138 valence electrons. The highest BCUT2D eigenvalue weighted by Crippen LogP contribution is 2.41. The van der Waals surface area contributed by atoms with Crippen molar-refractivity contribution in [3.8, 4) is 0 Å². The summed E-state index contributed by atoms with van der Waals surface area (Å²) < 4.78 is 5.77. The van der Waals surface area contributed by atoms with Gasteiger partial charge < -0.3 is 4.74 Å². The van der Waals surface area contributed by atoms with Gasteiger partial charge in [0.15, 0.2) is 0 Å². The van der Waals surface area contributed by atoms with Gasteiger partial charge in [-0.05, 0) is 88.4 Å². The number of unbranched alkanes of at least 4 members (excludes halogenated alkanes) is 2. The molecular weight excluding hydrogens is 292 g/mol. The Labute approximate surface area is 150 Å². The first-order valence-electron chi connectivity index (χ1n) is 10.7. The molecule has 2 aliphatic rings. The van der Waals surface area contributed by atoms with E-state index in [1.54, 1.807) is 0 Å². The smallest absolute Gasteiger partial charge is 0.0647 e. The Kier molecular flexibility index (Phi) is 9.80. The molecule has 2 aliphatic carbocycles. The summed E-state index contributed by atoms with van der Waals surface area (Å²) in [5.74, 6) is 3.75. The molecule has 0 radical (unpaired) electrons.